The highest BCUT2D eigenvalue weighted by molar-refractivity contribution is 6.24. The first-order chi connectivity index (χ1) is 6.95. The maximum atomic E-state index is 2.55. The lowest BCUT2D eigenvalue weighted by Crippen LogP contribution is -2.45. The van der Waals surface area contributed by atoms with E-state index >= 15 is 0 Å². The summed E-state index contributed by atoms with van der Waals surface area (Å²) in [6.45, 7) is 18.9. The van der Waals surface area contributed by atoms with Gasteiger partial charge in [0.2, 0.25) is 0 Å². The molecule has 0 saturated heterocycles. The van der Waals surface area contributed by atoms with Crippen LogP contribution in [0.3, 0.4) is 0 Å². The van der Waals surface area contributed by atoms with Crippen molar-refractivity contribution in [3.8, 4) is 0 Å². The smallest absolute Gasteiger partial charge is 0.0348 e. The summed E-state index contributed by atoms with van der Waals surface area (Å²) in [6, 6.07) is 0. The predicted molar refractivity (Wildman–Crippen MR) is 77.7 cm³/mol. The van der Waals surface area contributed by atoms with E-state index in [4.69, 9.17) is 0 Å². The van der Waals surface area contributed by atoms with E-state index in [0.29, 0.717) is 10.8 Å². The van der Waals surface area contributed by atoms with Gasteiger partial charge in [-0.1, -0.05) is 64.0 Å². The summed E-state index contributed by atoms with van der Waals surface area (Å²) in [7, 11) is 1.17. The lowest BCUT2D eigenvalue weighted by atomic mass is 9.54. The summed E-state index contributed by atoms with van der Waals surface area (Å²) in [6.07, 6.45) is 2.55. The van der Waals surface area contributed by atoms with Crippen molar-refractivity contribution in [1.29, 1.82) is 0 Å². The molecule has 0 N–H and O–H groups in total. The second-order valence-corrected chi connectivity index (χ2v) is 8.39. The van der Waals surface area contributed by atoms with Crippen LogP contribution < -0.4 is 0 Å². The van der Waals surface area contributed by atoms with Gasteiger partial charge in [0, 0.05) is 15.7 Å². The van der Waals surface area contributed by atoms with Gasteiger partial charge in [-0.15, -0.1) is 0 Å². The Hall–Kier alpha value is -0.303. The second kappa shape index (κ2) is 3.59. The summed E-state index contributed by atoms with van der Waals surface area (Å²) >= 11 is 0. The largest absolute Gasteiger partial charge is 0.0780 e. The maximum absolute atomic E-state index is 2.55. The van der Waals surface area contributed by atoms with Gasteiger partial charge in [-0.05, 0) is 24.7 Å². The normalized spacial score (nSPS) is 21.6. The van der Waals surface area contributed by atoms with Gasteiger partial charge in [0.05, 0.1) is 0 Å². The van der Waals surface area contributed by atoms with Crippen molar-refractivity contribution in [1.82, 2.24) is 0 Å². The first kappa shape index (κ1) is 13.8. The summed E-state index contributed by atoms with van der Waals surface area (Å²) < 4.78 is 0. The van der Waals surface area contributed by atoms with Gasteiger partial charge in [0.1, 0.15) is 0 Å². The van der Waals surface area contributed by atoms with E-state index in [-0.39, 0.29) is 5.41 Å². The highest BCUT2D eigenvalue weighted by Crippen LogP contribution is 2.60. The molecule has 0 atom stereocenters. The molecule has 0 aromatic carbocycles. The molecule has 0 aromatic rings. The molecule has 0 nitrogen and oxygen atoms in total. The lowest BCUT2D eigenvalue weighted by molar-refractivity contribution is 0.0642. The zero-order chi connectivity index (χ0) is 12.9. The summed E-state index contributed by atoms with van der Waals surface area (Å²) in [5.41, 5.74) is 3.88. The van der Waals surface area contributed by atoms with E-state index < -0.39 is 0 Å². The molecular weight excluding hydrogens is 208 g/mol. The number of rotatable bonds is 0. The zero-order valence-electron chi connectivity index (χ0n) is 12.6. The summed E-state index contributed by atoms with van der Waals surface area (Å²) in [4.78, 5) is 0. The van der Waals surface area contributed by atoms with E-state index in [0.717, 1.165) is 0 Å². The molecule has 92 valence electrons. The highest BCUT2D eigenvalue weighted by atomic mass is 28.1. The van der Waals surface area contributed by atoms with Gasteiger partial charge in [-0.25, -0.2) is 0 Å². The van der Waals surface area contributed by atoms with Crippen LogP contribution in [-0.2, 0) is 0 Å². The van der Waals surface area contributed by atoms with Gasteiger partial charge < -0.3 is 0 Å². The zero-order valence-corrected chi connectivity index (χ0v) is 14.6. The minimum absolute atomic E-state index is 0.250. The van der Waals surface area contributed by atoms with Crippen LogP contribution >= 0.6 is 0 Å². The van der Waals surface area contributed by atoms with Crippen LogP contribution in [0.25, 0.3) is 0 Å². The fourth-order valence-electron chi connectivity index (χ4n) is 3.82. The molecule has 1 aliphatic carbocycles. The van der Waals surface area contributed by atoms with Crippen molar-refractivity contribution in [2.24, 2.45) is 16.2 Å². The first-order valence-corrected chi connectivity index (χ1v) is 7.33. The third-order valence-corrected chi connectivity index (χ3v) is 6.08. The van der Waals surface area contributed by atoms with Crippen LogP contribution in [0.15, 0.2) is 22.4 Å². The van der Waals surface area contributed by atoms with E-state index in [1.165, 1.54) is 15.8 Å². The fourth-order valence-corrected chi connectivity index (χ4v) is 5.85. The maximum Gasteiger partial charge on any atom is 0.0348 e. The average Bonchev–Trinajstić information content (AvgIpc) is 2.27. The molecule has 0 saturated carbocycles. The standard InChI is InChI=1S/C15H28Si/c1-10-9-15(13(3,4)5,14(6,7)8)12(16)11(10)2/h9H,1-8,16H3. The molecule has 1 aliphatic rings. The predicted octanol–water partition coefficient (Wildman–Crippen LogP) is 3.66. The average molecular weight is 236 g/mol. The Kier molecular flexibility index (Phi) is 3.09. The van der Waals surface area contributed by atoms with E-state index in [9.17, 15) is 0 Å². The van der Waals surface area contributed by atoms with Crippen molar-refractivity contribution < 1.29 is 0 Å². The number of allylic oxidation sites excluding steroid dienone is 4. The molecule has 0 aromatic heterocycles. The van der Waals surface area contributed by atoms with Crippen molar-refractivity contribution in [3.05, 3.63) is 22.4 Å². The highest BCUT2D eigenvalue weighted by Gasteiger charge is 2.52. The first-order valence-electron chi connectivity index (χ1n) is 6.33. The second-order valence-electron chi connectivity index (χ2n) is 7.39. The summed E-state index contributed by atoms with van der Waals surface area (Å²) in [5, 5.41) is 1.70. The van der Waals surface area contributed by atoms with Crippen LogP contribution in [0.1, 0.15) is 55.4 Å². The molecule has 0 aliphatic heterocycles. The minimum atomic E-state index is 0.250. The Balaban J connectivity index is 3.56. The van der Waals surface area contributed by atoms with Crippen molar-refractivity contribution in [2.45, 2.75) is 55.4 Å². The molecule has 0 bridgehead atoms. The molecule has 16 heavy (non-hydrogen) atoms. The van der Waals surface area contributed by atoms with Crippen molar-refractivity contribution in [2.75, 3.05) is 0 Å². The van der Waals surface area contributed by atoms with Crippen LogP contribution in [0, 0.1) is 16.2 Å². The van der Waals surface area contributed by atoms with Crippen LogP contribution in [0.4, 0.5) is 0 Å². The number of hydrogen-bond acceptors (Lipinski definition) is 0. The van der Waals surface area contributed by atoms with E-state index in [2.05, 4.69) is 61.5 Å². The van der Waals surface area contributed by atoms with Gasteiger partial charge in [-0.3, -0.25) is 0 Å². The number of hydrogen-bond donors (Lipinski definition) is 0. The Morgan fingerprint density at radius 2 is 1.31 bits per heavy atom. The Morgan fingerprint density at radius 1 is 0.938 bits per heavy atom. The molecule has 1 heteroatoms. The molecular formula is C15H28Si. The van der Waals surface area contributed by atoms with Crippen LogP contribution in [-0.4, -0.2) is 10.2 Å². The fraction of sp³-hybridized carbons (Fsp3) is 0.733. The van der Waals surface area contributed by atoms with Gasteiger partial charge in [-0.2, -0.15) is 0 Å². The topological polar surface area (TPSA) is 0 Å². The van der Waals surface area contributed by atoms with Gasteiger partial charge >= 0.3 is 0 Å². The molecule has 0 unspecified atom stereocenters. The van der Waals surface area contributed by atoms with Crippen LogP contribution in [0.2, 0.25) is 0 Å². The van der Waals surface area contributed by atoms with Crippen LogP contribution in [0.5, 0.6) is 0 Å². The Morgan fingerprint density at radius 3 is 1.44 bits per heavy atom. The van der Waals surface area contributed by atoms with Gasteiger partial charge in [0.15, 0.2) is 0 Å². The Labute approximate surface area is 105 Å². The molecule has 0 heterocycles. The quantitative estimate of drug-likeness (QED) is 0.563. The third-order valence-electron chi connectivity index (χ3n) is 4.54. The lowest BCUT2D eigenvalue weighted by Gasteiger charge is -2.52. The monoisotopic (exact) mass is 236 g/mol. The molecule has 0 amide bonds. The minimum Gasteiger partial charge on any atom is -0.0780 e. The van der Waals surface area contributed by atoms with E-state index in [1.807, 2.05) is 0 Å². The van der Waals surface area contributed by atoms with Crippen molar-refractivity contribution >= 4 is 10.2 Å². The van der Waals surface area contributed by atoms with Crippen molar-refractivity contribution in [3.63, 3.8) is 0 Å². The molecule has 0 fully saturated rings. The Bertz CT molecular complexity index is 342. The SMILES string of the molecule is CC1=CC(C(C)(C)C)(C(C)(C)C)C([SiH3])=C1C. The third kappa shape index (κ3) is 1.64. The molecule has 1 rings (SSSR count). The summed E-state index contributed by atoms with van der Waals surface area (Å²) in [5.74, 6) is 0. The van der Waals surface area contributed by atoms with Gasteiger partial charge in [0.25, 0.3) is 0 Å². The molecule has 0 spiro atoms. The molecule has 0 radical (unpaired) electrons. The van der Waals surface area contributed by atoms with E-state index in [1.54, 1.807) is 10.8 Å².